The van der Waals surface area contributed by atoms with Crippen molar-refractivity contribution in [2.24, 2.45) is 5.92 Å². The number of nitrogens with one attached hydrogen (secondary N) is 1. The normalized spacial score (nSPS) is 16.6. The number of rotatable bonds is 4. The van der Waals surface area contributed by atoms with Gasteiger partial charge in [-0.2, -0.15) is 8.78 Å². The molecule has 1 aliphatic carbocycles. The summed E-state index contributed by atoms with van der Waals surface area (Å²) >= 11 is 0. The molecule has 0 bridgehead atoms. The molecule has 0 aliphatic heterocycles. The molecular formula is C13H15F2NO3S. The molecule has 1 aromatic carbocycles. The second kappa shape index (κ2) is 5.87. The van der Waals surface area contributed by atoms with Crippen molar-refractivity contribution >= 4 is 21.4 Å². The predicted octanol–water partition coefficient (Wildman–Crippen LogP) is 2.81. The molecule has 0 spiro atoms. The molecule has 110 valence electrons. The van der Waals surface area contributed by atoms with Crippen molar-refractivity contribution in [3.8, 4) is 0 Å². The fourth-order valence-electron chi connectivity index (χ4n) is 2.34. The van der Waals surface area contributed by atoms with Crippen molar-refractivity contribution in [3.63, 3.8) is 0 Å². The summed E-state index contributed by atoms with van der Waals surface area (Å²) in [5, 5.41) is 2.46. The van der Waals surface area contributed by atoms with E-state index in [4.69, 9.17) is 0 Å². The number of hydrogen-bond acceptors (Lipinski definition) is 3. The van der Waals surface area contributed by atoms with Gasteiger partial charge >= 0.3 is 5.76 Å². The summed E-state index contributed by atoms with van der Waals surface area (Å²) < 4.78 is 48.3. The van der Waals surface area contributed by atoms with Gasteiger partial charge in [-0.3, -0.25) is 4.79 Å². The molecule has 4 nitrogen and oxygen atoms in total. The van der Waals surface area contributed by atoms with E-state index in [1.165, 1.54) is 18.2 Å². The van der Waals surface area contributed by atoms with Crippen LogP contribution in [0, 0.1) is 5.92 Å². The van der Waals surface area contributed by atoms with E-state index in [1.54, 1.807) is 0 Å². The van der Waals surface area contributed by atoms with Crippen LogP contribution in [0.4, 0.5) is 14.5 Å². The van der Waals surface area contributed by atoms with E-state index >= 15 is 0 Å². The Balaban J connectivity index is 2.26. The van der Waals surface area contributed by atoms with Crippen LogP contribution in [0.5, 0.6) is 0 Å². The van der Waals surface area contributed by atoms with E-state index in [0.717, 1.165) is 31.7 Å². The molecule has 1 aliphatic rings. The number of halogens is 2. The SMILES string of the molecule is O=C(Nc1ccccc1S(=O)(=O)C(F)F)C1CCCC1. The summed E-state index contributed by atoms with van der Waals surface area (Å²) in [6, 6.07) is 5.24. The second-order valence-corrected chi connectivity index (χ2v) is 6.66. The molecule has 0 saturated heterocycles. The van der Waals surface area contributed by atoms with Crippen LogP contribution in [-0.4, -0.2) is 20.1 Å². The van der Waals surface area contributed by atoms with Gasteiger partial charge < -0.3 is 5.32 Å². The Morgan fingerprint density at radius 2 is 1.80 bits per heavy atom. The Bertz CT molecular complexity index is 595. The van der Waals surface area contributed by atoms with Gasteiger partial charge in [-0.1, -0.05) is 25.0 Å². The third kappa shape index (κ3) is 2.98. The molecule has 1 aromatic rings. The summed E-state index contributed by atoms with van der Waals surface area (Å²) in [6.45, 7) is 0. The van der Waals surface area contributed by atoms with E-state index in [9.17, 15) is 22.0 Å². The Morgan fingerprint density at radius 1 is 1.20 bits per heavy atom. The van der Waals surface area contributed by atoms with Gasteiger partial charge in [-0.25, -0.2) is 8.42 Å². The zero-order chi connectivity index (χ0) is 14.8. The molecule has 1 N–H and O–H groups in total. The van der Waals surface area contributed by atoms with Crippen LogP contribution in [-0.2, 0) is 14.6 Å². The fourth-order valence-corrected chi connectivity index (χ4v) is 3.22. The van der Waals surface area contributed by atoms with Gasteiger partial charge in [0.2, 0.25) is 15.7 Å². The number of carbonyl (C=O) groups is 1. The first-order chi connectivity index (χ1) is 9.43. The second-order valence-electron chi connectivity index (χ2n) is 4.77. The fraction of sp³-hybridized carbons (Fsp3) is 0.462. The van der Waals surface area contributed by atoms with Crippen molar-refractivity contribution in [2.75, 3.05) is 5.32 Å². The first kappa shape index (κ1) is 14.9. The van der Waals surface area contributed by atoms with E-state index in [2.05, 4.69) is 5.32 Å². The summed E-state index contributed by atoms with van der Waals surface area (Å²) in [5.41, 5.74) is -0.0790. The van der Waals surface area contributed by atoms with Gasteiger partial charge in [-0.15, -0.1) is 0 Å². The Labute approximate surface area is 116 Å². The maximum Gasteiger partial charge on any atom is 0.341 e. The molecule has 1 fully saturated rings. The van der Waals surface area contributed by atoms with Gasteiger partial charge in [0.25, 0.3) is 0 Å². The van der Waals surface area contributed by atoms with Gasteiger partial charge in [0.1, 0.15) is 0 Å². The third-order valence-corrected chi connectivity index (χ3v) is 4.85. The maximum absolute atomic E-state index is 12.6. The minimum atomic E-state index is -4.72. The van der Waals surface area contributed by atoms with E-state index in [0.29, 0.717) is 0 Å². The molecule has 1 amide bonds. The van der Waals surface area contributed by atoms with Gasteiger partial charge in [0, 0.05) is 5.92 Å². The first-order valence-electron chi connectivity index (χ1n) is 6.35. The van der Waals surface area contributed by atoms with Crippen LogP contribution in [0.2, 0.25) is 0 Å². The van der Waals surface area contributed by atoms with Crippen molar-refractivity contribution in [3.05, 3.63) is 24.3 Å². The number of sulfone groups is 1. The molecular weight excluding hydrogens is 288 g/mol. The lowest BCUT2D eigenvalue weighted by Gasteiger charge is -2.14. The van der Waals surface area contributed by atoms with Crippen molar-refractivity contribution < 1.29 is 22.0 Å². The van der Waals surface area contributed by atoms with Gasteiger partial charge in [0.05, 0.1) is 10.6 Å². The zero-order valence-corrected chi connectivity index (χ0v) is 11.5. The Morgan fingerprint density at radius 3 is 2.40 bits per heavy atom. The topological polar surface area (TPSA) is 63.2 Å². The summed E-state index contributed by atoms with van der Waals surface area (Å²) in [5.74, 6) is -3.98. The standard InChI is InChI=1S/C13H15F2NO3S/c14-13(15)20(18,19)11-8-4-3-7-10(11)16-12(17)9-5-1-2-6-9/h3-4,7-9,13H,1-2,5-6H2,(H,16,17). The van der Waals surface area contributed by atoms with Crippen LogP contribution in [0.25, 0.3) is 0 Å². The van der Waals surface area contributed by atoms with Crippen LogP contribution in [0.15, 0.2) is 29.2 Å². The quantitative estimate of drug-likeness (QED) is 0.930. The highest BCUT2D eigenvalue weighted by molar-refractivity contribution is 7.91. The Hall–Kier alpha value is -1.50. The lowest BCUT2D eigenvalue weighted by molar-refractivity contribution is -0.119. The highest BCUT2D eigenvalue weighted by Crippen LogP contribution is 2.29. The number of alkyl halides is 2. The smallest absolute Gasteiger partial charge is 0.325 e. The number of para-hydroxylation sites is 1. The minimum Gasteiger partial charge on any atom is -0.325 e. The molecule has 0 unspecified atom stereocenters. The molecule has 2 rings (SSSR count). The molecule has 20 heavy (non-hydrogen) atoms. The van der Waals surface area contributed by atoms with Crippen LogP contribution >= 0.6 is 0 Å². The summed E-state index contributed by atoms with van der Waals surface area (Å²) in [6.07, 6.45) is 3.40. The summed E-state index contributed by atoms with van der Waals surface area (Å²) in [7, 11) is -4.72. The largest absolute Gasteiger partial charge is 0.341 e. The monoisotopic (exact) mass is 303 g/mol. The number of hydrogen-bond donors (Lipinski definition) is 1. The van der Waals surface area contributed by atoms with Crippen molar-refractivity contribution in [1.82, 2.24) is 0 Å². The Kier molecular flexibility index (Phi) is 4.37. The average molecular weight is 303 g/mol. The van der Waals surface area contributed by atoms with Crippen molar-refractivity contribution in [1.29, 1.82) is 0 Å². The predicted molar refractivity (Wildman–Crippen MR) is 70.2 cm³/mol. The number of benzene rings is 1. The third-order valence-electron chi connectivity index (χ3n) is 3.41. The molecule has 0 aromatic heterocycles. The van der Waals surface area contributed by atoms with Crippen LogP contribution in [0.3, 0.4) is 0 Å². The zero-order valence-electron chi connectivity index (χ0n) is 10.7. The average Bonchev–Trinajstić information content (AvgIpc) is 2.93. The van der Waals surface area contributed by atoms with Crippen LogP contribution in [0.1, 0.15) is 25.7 Å². The first-order valence-corrected chi connectivity index (χ1v) is 7.89. The highest BCUT2D eigenvalue weighted by atomic mass is 32.2. The van der Waals surface area contributed by atoms with E-state index in [-0.39, 0.29) is 17.5 Å². The molecule has 7 heteroatoms. The van der Waals surface area contributed by atoms with Gasteiger partial charge in [-0.05, 0) is 25.0 Å². The molecule has 0 heterocycles. The number of anilines is 1. The van der Waals surface area contributed by atoms with Crippen molar-refractivity contribution in [2.45, 2.75) is 36.3 Å². The van der Waals surface area contributed by atoms with Crippen LogP contribution < -0.4 is 5.32 Å². The van der Waals surface area contributed by atoms with E-state index < -0.39 is 20.5 Å². The molecule has 0 atom stereocenters. The number of amides is 1. The highest BCUT2D eigenvalue weighted by Gasteiger charge is 2.30. The number of carbonyl (C=O) groups excluding carboxylic acids is 1. The van der Waals surface area contributed by atoms with Gasteiger partial charge in [0.15, 0.2) is 0 Å². The minimum absolute atomic E-state index is 0.0790. The molecule has 1 saturated carbocycles. The van der Waals surface area contributed by atoms with E-state index in [1.807, 2.05) is 0 Å². The lowest BCUT2D eigenvalue weighted by atomic mass is 10.1. The summed E-state index contributed by atoms with van der Waals surface area (Å²) in [4.78, 5) is 11.4. The lowest BCUT2D eigenvalue weighted by Crippen LogP contribution is -2.22. The molecule has 0 radical (unpaired) electrons. The maximum atomic E-state index is 12.6.